The number of rotatable bonds is 19. The molecule has 0 bridgehead atoms. The van der Waals surface area contributed by atoms with E-state index in [2.05, 4.69) is 37.0 Å². The van der Waals surface area contributed by atoms with E-state index in [1.807, 2.05) is 0 Å². The van der Waals surface area contributed by atoms with E-state index in [4.69, 9.17) is 5.11 Å². The molecule has 4 heteroatoms. The summed E-state index contributed by atoms with van der Waals surface area (Å²) in [7, 11) is 0. The van der Waals surface area contributed by atoms with Gasteiger partial charge in [-0.15, -0.1) is 0 Å². The van der Waals surface area contributed by atoms with Gasteiger partial charge in [-0.2, -0.15) is 12.6 Å². The van der Waals surface area contributed by atoms with Crippen LogP contribution in [0, 0.1) is 0 Å². The molecule has 0 saturated carbocycles. The third kappa shape index (κ3) is 18.1. The topological polar surface area (TPSA) is 49.3 Å². The minimum atomic E-state index is -0.806. The van der Waals surface area contributed by atoms with Gasteiger partial charge < -0.3 is 10.4 Å². The van der Waals surface area contributed by atoms with Crippen LogP contribution in [0.15, 0.2) is 12.2 Å². The number of carboxylic acid groups (broad SMARTS) is 1. The van der Waals surface area contributed by atoms with E-state index in [9.17, 15) is 4.79 Å². The summed E-state index contributed by atoms with van der Waals surface area (Å²) in [6.07, 6.45) is 22.9. The zero-order chi connectivity index (χ0) is 18.6. The summed E-state index contributed by atoms with van der Waals surface area (Å²) in [6.45, 7) is 3.04. The van der Waals surface area contributed by atoms with Crippen molar-refractivity contribution >= 4 is 18.6 Å². The van der Waals surface area contributed by atoms with Gasteiger partial charge in [0.25, 0.3) is 0 Å². The molecule has 2 N–H and O–H groups in total. The molecule has 0 radical (unpaired) electrons. The molecule has 148 valence electrons. The molecule has 0 aromatic carbocycles. The number of thiol groups is 1. The third-order valence-electron chi connectivity index (χ3n) is 4.56. The van der Waals surface area contributed by atoms with Crippen LogP contribution in [0.4, 0.5) is 0 Å². The van der Waals surface area contributed by atoms with Crippen LogP contribution in [0.1, 0.15) is 96.8 Å². The molecule has 0 aromatic rings. The second-order valence-electron chi connectivity index (χ2n) is 6.97. The first-order valence-electron chi connectivity index (χ1n) is 10.4. The average molecular weight is 372 g/mol. The molecule has 25 heavy (non-hydrogen) atoms. The molecular formula is C21H41NO2S. The van der Waals surface area contributed by atoms with Gasteiger partial charge in [0.2, 0.25) is 0 Å². The number of hydrogen-bond donors (Lipinski definition) is 3. The highest BCUT2D eigenvalue weighted by Crippen LogP contribution is 2.09. The van der Waals surface area contributed by atoms with Crippen molar-refractivity contribution in [1.82, 2.24) is 5.32 Å². The summed E-state index contributed by atoms with van der Waals surface area (Å²) >= 11 is 4.04. The number of carbonyl (C=O) groups is 1. The van der Waals surface area contributed by atoms with Gasteiger partial charge in [-0.1, -0.05) is 76.9 Å². The van der Waals surface area contributed by atoms with E-state index in [1.54, 1.807) is 0 Å². The number of allylic oxidation sites excluding steroid dienone is 2. The molecule has 0 saturated heterocycles. The minimum Gasteiger partial charge on any atom is -0.480 e. The van der Waals surface area contributed by atoms with Crippen molar-refractivity contribution in [2.75, 3.05) is 12.3 Å². The van der Waals surface area contributed by atoms with Crippen LogP contribution in [0.3, 0.4) is 0 Å². The second-order valence-corrected chi connectivity index (χ2v) is 7.33. The standard InChI is InChI=1S/C21H41NO2S/c1-2-3-4-5-6-7-8-9-10-11-12-13-14-15-16-17-18-22-20(19-25)21(23)24/h9-10,20,22,25H,2-8,11-19H2,1H3,(H,23,24)/t20-/m0/s1. The van der Waals surface area contributed by atoms with Gasteiger partial charge >= 0.3 is 5.97 Å². The summed E-state index contributed by atoms with van der Waals surface area (Å²) in [5.74, 6) is -0.457. The van der Waals surface area contributed by atoms with E-state index in [1.165, 1.54) is 83.5 Å². The Bertz CT molecular complexity index is 321. The molecule has 0 rings (SSSR count). The fraction of sp³-hybridized carbons (Fsp3) is 0.857. The van der Waals surface area contributed by atoms with Gasteiger partial charge in [-0.05, 0) is 38.6 Å². The predicted molar refractivity (Wildman–Crippen MR) is 113 cm³/mol. The highest BCUT2D eigenvalue weighted by molar-refractivity contribution is 7.80. The van der Waals surface area contributed by atoms with Gasteiger partial charge in [0.1, 0.15) is 6.04 Å². The second kappa shape index (κ2) is 19.8. The molecule has 0 fully saturated rings. The monoisotopic (exact) mass is 371 g/mol. The van der Waals surface area contributed by atoms with Crippen molar-refractivity contribution in [3.63, 3.8) is 0 Å². The van der Waals surface area contributed by atoms with E-state index in [0.29, 0.717) is 5.75 Å². The Morgan fingerprint density at radius 3 is 1.84 bits per heavy atom. The molecule has 0 heterocycles. The zero-order valence-electron chi connectivity index (χ0n) is 16.3. The summed E-state index contributed by atoms with van der Waals surface area (Å²) in [5, 5.41) is 11.9. The SMILES string of the molecule is CCCCCCCCC=CCCCCCCCCN[C@@H](CS)C(=O)O. The van der Waals surface area contributed by atoms with Gasteiger partial charge in [0, 0.05) is 5.75 Å². The Morgan fingerprint density at radius 1 is 0.880 bits per heavy atom. The lowest BCUT2D eigenvalue weighted by molar-refractivity contribution is -0.138. The molecule has 1 atom stereocenters. The van der Waals surface area contributed by atoms with E-state index < -0.39 is 12.0 Å². The maximum atomic E-state index is 10.8. The van der Waals surface area contributed by atoms with Gasteiger partial charge in [-0.25, -0.2) is 0 Å². The normalized spacial score (nSPS) is 12.7. The molecule has 0 aliphatic rings. The van der Waals surface area contributed by atoms with Gasteiger partial charge in [0.15, 0.2) is 0 Å². The van der Waals surface area contributed by atoms with E-state index in [-0.39, 0.29) is 0 Å². The van der Waals surface area contributed by atoms with Crippen LogP contribution in [0.5, 0.6) is 0 Å². The fourth-order valence-electron chi connectivity index (χ4n) is 2.88. The van der Waals surface area contributed by atoms with E-state index in [0.717, 1.165) is 13.0 Å². The van der Waals surface area contributed by atoms with Crippen molar-refractivity contribution in [3.8, 4) is 0 Å². The Hall–Kier alpha value is -0.480. The summed E-state index contributed by atoms with van der Waals surface area (Å²) < 4.78 is 0. The van der Waals surface area contributed by atoms with Crippen LogP contribution >= 0.6 is 12.6 Å². The first-order valence-corrected chi connectivity index (χ1v) is 11.1. The molecule has 3 nitrogen and oxygen atoms in total. The minimum absolute atomic E-state index is 0.349. The van der Waals surface area contributed by atoms with Crippen molar-refractivity contribution in [3.05, 3.63) is 12.2 Å². The number of hydrogen-bond acceptors (Lipinski definition) is 3. The van der Waals surface area contributed by atoms with Crippen molar-refractivity contribution in [1.29, 1.82) is 0 Å². The van der Waals surface area contributed by atoms with Crippen LogP contribution < -0.4 is 5.32 Å². The smallest absolute Gasteiger partial charge is 0.321 e. The van der Waals surface area contributed by atoms with Crippen LogP contribution in [-0.2, 0) is 4.79 Å². The first kappa shape index (κ1) is 24.5. The Kier molecular flexibility index (Phi) is 19.5. The lowest BCUT2D eigenvalue weighted by atomic mass is 10.1. The number of aliphatic carboxylic acids is 1. The highest BCUT2D eigenvalue weighted by atomic mass is 32.1. The maximum absolute atomic E-state index is 10.8. The number of unbranched alkanes of at least 4 members (excludes halogenated alkanes) is 12. The Labute approximate surface area is 161 Å². The molecule has 0 unspecified atom stereocenters. The lowest BCUT2D eigenvalue weighted by Crippen LogP contribution is -2.38. The Morgan fingerprint density at radius 2 is 1.36 bits per heavy atom. The number of nitrogens with one attached hydrogen (secondary N) is 1. The largest absolute Gasteiger partial charge is 0.480 e. The summed E-state index contributed by atoms with van der Waals surface area (Å²) in [4.78, 5) is 10.8. The van der Waals surface area contributed by atoms with Crippen molar-refractivity contribution in [2.45, 2.75) is 103 Å². The zero-order valence-corrected chi connectivity index (χ0v) is 17.2. The molecule has 0 amide bonds. The Balaban J connectivity index is 3.20. The molecule has 0 spiro atoms. The average Bonchev–Trinajstić information content (AvgIpc) is 2.60. The fourth-order valence-corrected chi connectivity index (χ4v) is 3.16. The van der Waals surface area contributed by atoms with Crippen molar-refractivity contribution in [2.24, 2.45) is 0 Å². The predicted octanol–water partition coefficient (Wildman–Crippen LogP) is 6.00. The van der Waals surface area contributed by atoms with Crippen LogP contribution in [-0.4, -0.2) is 29.4 Å². The molecular weight excluding hydrogens is 330 g/mol. The van der Waals surface area contributed by atoms with Crippen molar-refractivity contribution < 1.29 is 9.90 Å². The van der Waals surface area contributed by atoms with Gasteiger partial charge in [-0.3, -0.25) is 4.79 Å². The quantitative estimate of drug-likeness (QED) is 0.148. The van der Waals surface area contributed by atoms with E-state index >= 15 is 0 Å². The highest BCUT2D eigenvalue weighted by Gasteiger charge is 2.13. The molecule has 0 aliphatic carbocycles. The lowest BCUT2D eigenvalue weighted by Gasteiger charge is -2.11. The molecule has 0 aromatic heterocycles. The summed E-state index contributed by atoms with van der Waals surface area (Å²) in [6, 6.07) is -0.508. The maximum Gasteiger partial charge on any atom is 0.321 e. The van der Waals surface area contributed by atoms with Crippen LogP contribution in [0.25, 0.3) is 0 Å². The summed E-state index contributed by atoms with van der Waals surface area (Å²) in [5.41, 5.74) is 0. The third-order valence-corrected chi connectivity index (χ3v) is 4.93. The number of carboxylic acids is 1. The molecule has 0 aliphatic heterocycles. The van der Waals surface area contributed by atoms with Gasteiger partial charge in [0.05, 0.1) is 0 Å². The van der Waals surface area contributed by atoms with Crippen LogP contribution in [0.2, 0.25) is 0 Å². The first-order chi connectivity index (χ1) is 12.2.